The van der Waals surface area contributed by atoms with Gasteiger partial charge in [-0.2, -0.15) is 5.10 Å². The van der Waals surface area contributed by atoms with E-state index in [0.29, 0.717) is 5.69 Å². The Labute approximate surface area is 99.2 Å². The molecule has 0 radical (unpaired) electrons. The predicted octanol–water partition coefficient (Wildman–Crippen LogP) is 2.91. The topological polar surface area (TPSA) is 67.0 Å². The summed E-state index contributed by atoms with van der Waals surface area (Å²) < 4.78 is 5.19. The first-order valence-electron chi connectivity index (χ1n) is 5.38. The maximum Gasteiger partial charge on any atom is 0.412 e. The SMILES string of the molecule is CC(C)(C)OC(=O)Nc1cccc2[nH]ncc12. The first kappa shape index (κ1) is 11.4. The summed E-state index contributed by atoms with van der Waals surface area (Å²) in [7, 11) is 0. The largest absolute Gasteiger partial charge is 0.444 e. The highest BCUT2D eigenvalue weighted by Gasteiger charge is 2.16. The van der Waals surface area contributed by atoms with E-state index in [9.17, 15) is 4.79 Å². The highest BCUT2D eigenvalue weighted by Crippen LogP contribution is 2.21. The van der Waals surface area contributed by atoms with Crippen molar-refractivity contribution in [1.82, 2.24) is 10.2 Å². The van der Waals surface area contributed by atoms with Crippen LogP contribution in [0.2, 0.25) is 0 Å². The maximum absolute atomic E-state index is 11.6. The molecule has 0 spiro atoms. The van der Waals surface area contributed by atoms with Gasteiger partial charge in [0.15, 0.2) is 0 Å². The van der Waals surface area contributed by atoms with E-state index >= 15 is 0 Å². The molecule has 0 aliphatic carbocycles. The minimum atomic E-state index is -0.506. The summed E-state index contributed by atoms with van der Waals surface area (Å²) in [5, 5.41) is 10.3. The molecule has 0 aliphatic rings. The number of H-pyrrole nitrogens is 1. The molecule has 0 fully saturated rings. The van der Waals surface area contributed by atoms with Crippen LogP contribution in [-0.4, -0.2) is 21.9 Å². The molecule has 1 amide bonds. The molecule has 2 aromatic rings. The van der Waals surface area contributed by atoms with Gasteiger partial charge in [-0.3, -0.25) is 10.4 Å². The molecule has 2 N–H and O–H groups in total. The van der Waals surface area contributed by atoms with Crippen LogP contribution in [0.5, 0.6) is 0 Å². The molecule has 5 nitrogen and oxygen atoms in total. The van der Waals surface area contributed by atoms with Crippen LogP contribution in [-0.2, 0) is 4.74 Å². The molecule has 2 rings (SSSR count). The zero-order valence-corrected chi connectivity index (χ0v) is 10.1. The Bertz CT molecular complexity index is 540. The van der Waals surface area contributed by atoms with Crippen LogP contribution < -0.4 is 5.32 Å². The van der Waals surface area contributed by atoms with E-state index in [0.717, 1.165) is 10.9 Å². The fourth-order valence-electron chi connectivity index (χ4n) is 1.49. The summed E-state index contributed by atoms with van der Waals surface area (Å²) in [6, 6.07) is 5.54. The Hall–Kier alpha value is -2.04. The molecule has 1 heterocycles. The van der Waals surface area contributed by atoms with Crippen molar-refractivity contribution in [1.29, 1.82) is 0 Å². The second-order valence-corrected chi connectivity index (χ2v) is 4.76. The number of aromatic amines is 1. The van der Waals surface area contributed by atoms with E-state index in [1.54, 1.807) is 6.20 Å². The molecule has 5 heteroatoms. The molecule has 0 atom stereocenters. The Morgan fingerprint density at radius 3 is 2.88 bits per heavy atom. The van der Waals surface area contributed by atoms with Gasteiger partial charge in [0.05, 0.1) is 17.4 Å². The molecular formula is C12H15N3O2. The fourth-order valence-corrected chi connectivity index (χ4v) is 1.49. The molecule has 0 bridgehead atoms. The standard InChI is InChI=1S/C12H15N3O2/c1-12(2,3)17-11(16)14-9-5-4-6-10-8(9)7-13-15-10/h4-7H,1-3H3,(H,13,15)(H,14,16). The number of benzene rings is 1. The Kier molecular flexibility index (Phi) is 2.75. The van der Waals surface area contributed by atoms with Crippen molar-refractivity contribution in [2.75, 3.05) is 5.32 Å². The van der Waals surface area contributed by atoms with Gasteiger partial charge < -0.3 is 4.74 Å². The zero-order chi connectivity index (χ0) is 12.5. The van der Waals surface area contributed by atoms with Gasteiger partial charge in [-0.25, -0.2) is 4.79 Å². The second-order valence-electron chi connectivity index (χ2n) is 4.76. The minimum Gasteiger partial charge on any atom is -0.444 e. The van der Waals surface area contributed by atoms with E-state index in [-0.39, 0.29) is 0 Å². The van der Waals surface area contributed by atoms with E-state index in [1.807, 2.05) is 39.0 Å². The predicted molar refractivity (Wildman–Crippen MR) is 66.0 cm³/mol. The molecule has 90 valence electrons. The van der Waals surface area contributed by atoms with E-state index in [1.165, 1.54) is 0 Å². The average molecular weight is 233 g/mol. The summed E-state index contributed by atoms with van der Waals surface area (Å²) in [6.45, 7) is 5.47. The van der Waals surface area contributed by atoms with Gasteiger partial charge >= 0.3 is 6.09 Å². The molecular weight excluding hydrogens is 218 g/mol. The summed E-state index contributed by atoms with van der Waals surface area (Å²) in [5.74, 6) is 0. The summed E-state index contributed by atoms with van der Waals surface area (Å²) in [5.41, 5.74) is 1.05. The number of nitrogens with zero attached hydrogens (tertiary/aromatic N) is 1. The molecule has 1 aromatic carbocycles. The lowest BCUT2D eigenvalue weighted by atomic mass is 10.2. The molecule has 0 aliphatic heterocycles. The second kappa shape index (κ2) is 4.08. The number of carbonyl (C=O) groups is 1. The number of amides is 1. The molecule has 0 saturated heterocycles. The molecule has 17 heavy (non-hydrogen) atoms. The van der Waals surface area contributed by atoms with Crippen LogP contribution in [0.25, 0.3) is 10.9 Å². The average Bonchev–Trinajstić information content (AvgIpc) is 2.63. The number of nitrogens with one attached hydrogen (secondary N) is 2. The quantitative estimate of drug-likeness (QED) is 0.795. The Balaban J connectivity index is 2.18. The number of ether oxygens (including phenoxy) is 1. The van der Waals surface area contributed by atoms with Gasteiger partial charge in [0.25, 0.3) is 0 Å². The van der Waals surface area contributed by atoms with Crippen molar-refractivity contribution < 1.29 is 9.53 Å². The van der Waals surface area contributed by atoms with Gasteiger partial charge in [0.1, 0.15) is 5.60 Å². The lowest BCUT2D eigenvalue weighted by Crippen LogP contribution is -2.27. The minimum absolute atomic E-state index is 0.466. The van der Waals surface area contributed by atoms with Crippen LogP contribution in [0.15, 0.2) is 24.4 Å². The van der Waals surface area contributed by atoms with Crippen LogP contribution in [0.4, 0.5) is 10.5 Å². The lowest BCUT2D eigenvalue weighted by Gasteiger charge is -2.19. The normalized spacial score (nSPS) is 11.5. The number of anilines is 1. The van der Waals surface area contributed by atoms with Crippen LogP contribution in [0.1, 0.15) is 20.8 Å². The molecule has 0 saturated carbocycles. The highest BCUT2D eigenvalue weighted by molar-refractivity contribution is 5.98. The smallest absolute Gasteiger partial charge is 0.412 e. The number of carbonyl (C=O) groups excluding carboxylic acids is 1. The van der Waals surface area contributed by atoms with Gasteiger partial charge in [-0.1, -0.05) is 6.07 Å². The number of hydrogen-bond donors (Lipinski definition) is 2. The number of hydrogen-bond acceptors (Lipinski definition) is 3. The Morgan fingerprint density at radius 1 is 1.41 bits per heavy atom. The van der Waals surface area contributed by atoms with Crippen LogP contribution in [0, 0.1) is 0 Å². The summed E-state index contributed by atoms with van der Waals surface area (Å²) in [4.78, 5) is 11.6. The van der Waals surface area contributed by atoms with E-state index in [2.05, 4.69) is 15.5 Å². The summed E-state index contributed by atoms with van der Waals surface area (Å²) in [6.07, 6.45) is 1.20. The van der Waals surface area contributed by atoms with Crippen molar-refractivity contribution in [2.45, 2.75) is 26.4 Å². The number of aromatic nitrogens is 2. The van der Waals surface area contributed by atoms with Crippen LogP contribution >= 0.6 is 0 Å². The zero-order valence-electron chi connectivity index (χ0n) is 10.1. The van der Waals surface area contributed by atoms with Gasteiger partial charge in [-0.05, 0) is 32.9 Å². The highest BCUT2D eigenvalue weighted by atomic mass is 16.6. The van der Waals surface area contributed by atoms with Gasteiger partial charge in [-0.15, -0.1) is 0 Å². The third kappa shape index (κ3) is 2.75. The van der Waals surface area contributed by atoms with E-state index in [4.69, 9.17) is 4.74 Å². The number of fused-ring (bicyclic) bond motifs is 1. The third-order valence-electron chi connectivity index (χ3n) is 2.12. The van der Waals surface area contributed by atoms with Crippen molar-refractivity contribution >= 4 is 22.7 Å². The maximum atomic E-state index is 11.6. The van der Waals surface area contributed by atoms with Gasteiger partial charge in [0, 0.05) is 5.39 Å². The van der Waals surface area contributed by atoms with Crippen LogP contribution in [0.3, 0.4) is 0 Å². The van der Waals surface area contributed by atoms with Crippen molar-refractivity contribution in [2.24, 2.45) is 0 Å². The monoisotopic (exact) mass is 233 g/mol. The first-order chi connectivity index (χ1) is 7.96. The molecule has 1 aromatic heterocycles. The van der Waals surface area contributed by atoms with E-state index < -0.39 is 11.7 Å². The van der Waals surface area contributed by atoms with Gasteiger partial charge in [0.2, 0.25) is 0 Å². The van der Waals surface area contributed by atoms with Crippen molar-refractivity contribution in [3.63, 3.8) is 0 Å². The van der Waals surface area contributed by atoms with Crippen molar-refractivity contribution in [3.8, 4) is 0 Å². The number of rotatable bonds is 1. The molecule has 0 unspecified atom stereocenters. The Morgan fingerprint density at radius 2 is 2.18 bits per heavy atom. The fraction of sp³-hybridized carbons (Fsp3) is 0.333. The summed E-state index contributed by atoms with van der Waals surface area (Å²) >= 11 is 0. The first-order valence-corrected chi connectivity index (χ1v) is 5.38. The van der Waals surface area contributed by atoms with Crippen molar-refractivity contribution in [3.05, 3.63) is 24.4 Å². The third-order valence-corrected chi connectivity index (χ3v) is 2.12. The lowest BCUT2D eigenvalue weighted by molar-refractivity contribution is 0.0636.